The van der Waals surface area contributed by atoms with Crippen LogP contribution in [0.15, 0.2) is 36.5 Å². The highest BCUT2D eigenvalue weighted by atomic mass is 16.2. The van der Waals surface area contributed by atoms with Crippen molar-refractivity contribution < 1.29 is 9.59 Å². The lowest BCUT2D eigenvalue weighted by molar-refractivity contribution is -0.116. The Balaban J connectivity index is 1.45. The largest absolute Gasteiger partial charge is 0.359 e. The maximum Gasteiger partial charge on any atom is 0.252 e. The third-order valence-corrected chi connectivity index (χ3v) is 4.96. The summed E-state index contributed by atoms with van der Waals surface area (Å²) in [6.45, 7) is 3.58. The maximum atomic E-state index is 12.5. The maximum absolute atomic E-state index is 12.5. The molecule has 1 aromatic carbocycles. The fourth-order valence-corrected chi connectivity index (χ4v) is 3.44. The molecule has 1 aliphatic heterocycles. The van der Waals surface area contributed by atoms with E-state index >= 15 is 0 Å². The van der Waals surface area contributed by atoms with Gasteiger partial charge in [-0.1, -0.05) is 12.1 Å². The fraction of sp³-hybridized carbons (Fsp3) is 0.300. The average Bonchev–Trinajstić information content (AvgIpc) is 3.08. The molecule has 3 heterocycles. The number of amides is 2. The van der Waals surface area contributed by atoms with Gasteiger partial charge >= 0.3 is 0 Å². The molecule has 0 unspecified atom stereocenters. The van der Waals surface area contributed by atoms with Crippen molar-refractivity contribution in [2.45, 2.75) is 19.9 Å². The normalized spacial score (nSPS) is 13.4. The van der Waals surface area contributed by atoms with E-state index in [1.807, 2.05) is 18.2 Å². The van der Waals surface area contributed by atoms with Gasteiger partial charge in [-0.2, -0.15) is 0 Å². The van der Waals surface area contributed by atoms with Crippen LogP contribution in [0.5, 0.6) is 0 Å². The van der Waals surface area contributed by atoms with Crippen LogP contribution in [-0.4, -0.2) is 46.5 Å². The zero-order chi connectivity index (χ0) is 19.7. The number of anilines is 2. The number of para-hydroxylation sites is 2. The number of aryl methyl sites for hydroxylation is 1. The molecule has 8 heteroatoms. The predicted octanol–water partition coefficient (Wildman–Crippen LogP) is 1.81. The minimum atomic E-state index is -0.221. The minimum absolute atomic E-state index is 0.0645. The molecule has 28 heavy (non-hydrogen) atoms. The van der Waals surface area contributed by atoms with E-state index in [1.54, 1.807) is 13.1 Å². The predicted molar refractivity (Wildman–Crippen MR) is 108 cm³/mol. The monoisotopic (exact) mass is 378 g/mol. The van der Waals surface area contributed by atoms with Crippen molar-refractivity contribution in [3.63, 3.8) is 0 Å². The first-order chi connectivity index (χ1) is 13.6. The van der Waals surface area contributed by atoms with Crippen molar-refractivity contribution >= 4 is 34.4 Å². The number of hydrogen-bond donors (Lipinski definition) is 2. The highest BCUT2D eigenvalue weighted by molar-refractivity contribution is 6.03. The lowest BCUT2D eigenvalue weighted by Gasteiger charge is -2.26. The van der Waals surface area contributed by atoms with Crippen LogP contribution < -0.4 is 15.5 Å². The molecular formula is C20H22N6O2. The molecule has 8 nitrogen and oxygen atoms in total. The molecule has 0 aliphatic carbocycles. The SMILES string of the molecule is CCn1c(CCNC(=O)c2cnc3c(c2)N(C)C(=O)CN3)nc2ccccc21. The number of rotatable bonds is 5. The first-order valence-corrected chi connectivity index (χ1v) is 9.31. The minimum Gasteiger partial charge on any atom is -0.359 e. The van der Waals surface area contributed by atoms with Crippen molar-refractivity contribution in [3.8, 4) is 0 Å². The lowest BCUT2D eigenvalue weighted by Crippen LogP contribution is -2.37. The standard InChI is InChI=1S/C20H22N6O2/c1-3-26-15-7-5-4-6-14(15)24-17(26)8-9-21-20(28)13-10-16-19(22-11-13)23-12-18(27)25(16)2/h4-7,10-11H,3,8-9,12H2,1-2H3,(H,21,28)(H,22,23). The van der Waals surface area contributed by atoms with E-state index in [4.69, 9.17) is 0 Å². The molecule has 2 N–H and O–H groups in total. The molecule has 2 aromatic heterocycles. The van der Waals surface area contributed by atoms with Crippen molar-refractivity contribution in [1.82, 2.24) is 19.9 Å². The molecule has 0 fully saturated rings. The molecule has 1 aliphatic rings. The van der Waals surface area contributed by atoms with Crippen molar-refractivity contribution in [3.05, 3.63) is 47.9 Å². The van der Waals surface area contributed by atoms with Gasteiger partial charge in [0.2, 0.25) is 5.91 Å². The van der Waals surface area contributed by atoms with Gasteiger partial charge in [0.25, 0.3) is 5.91 Å². The molecule has 3 aromatic rings. The third kappa shape index (κ3) is 3.17. The van der Waals surface area contributed by atoms with Crippen LogP contribution in [0.3, 0.4) is 0 Å². The van der Waals surface area contributed by atoms with Gasteiger partial charge in [-0.3, -0.25) is 9.59 Å². The Morgan fingerprint density at radius 1 is 1.32 bits per heavy atom. The van der Waals surface area contributed by atoms with Gasteiger partial charge in [0, 0.05) is 32.8 Å². The summed E-state index contributed by atoms with van der Waals surface area (Å²) in [5, 5.41) is 5.87. The van der Waals surface area contributed by atoms with Crippen LogP contribution in [0, 0.1) is 0 Å². The van der Waals surface area contributed by atoms with E-state index in [0.29, 0.717) is 30.0 Å². The summed E-state index contributed by atoms with van der Waals surface area (Å²) in [6.07, 6.45) is 2.15. The first-order valence-electron chi connectivity index (χ1n) is 9.31. The van der Waals surface area contributed by atoms with Crippen LogP contribution >= 0.6 is 0 Å². The quantitative estimate of drug-likeness (QED) is 0.706. The highest BCUT2D eigenvalue weighted by Crippen LogP contribution is 2.27. The van der Waals surface area contributed by atoms with Gasteiger partial charge in [-0.25, -0.2) is 9.97 Å². The number of pyridine rings is 1. The summed E-state index contributed by atoms with van der Waals surface area (Å²) in [4.78, 5) is 34.8. The van der Waals surface area contributed by atoms with E-state index < -0.39 is 0 Å². The molecule has 0 bridgehead atoms. The van der Waals surface area contributed by atoms with Crippen LogP contribution in [0.1, 0.15) is 23.1 Å². The summed E-state index contributed by atoms with van der Waals surface area (Å²) in [5.74, 6) is 1.27. The number of hydrogen-bond acceptors (Lipinski definition) is 5. The highest BCUT2D eigenvalue weighted by Gasteiger charge is 2.22. The Morgan fingerprint density at radius 2 is 2.14 bits per heavy atom. The van der Waals surface area contributed by atoms with Crippen molar-refractivity contribution in [2.75, 3.05) is 30.4 Å². The van der Waals surface area contributed by atoms with E-state index in [9.17, 15) is 9.59 Å². The number of nitrogens with zero attached hydrogens (tertiary/aromatic N) is 4. The van der Waals surface area contributed by atoms with E-state index in [0.717, 1.165) is 23.4 Å². The number of likely N-dealkylation sites (N-methyl/N-ethyl adjacent to an activating group) is 1. The second-order valence-corrected chi connectivity index (χ2v) is 6.66. The van der Waals surface area contributed by atoms with E-state index in [1.165, 1.54) is 11.1 Å². The zero-order valence-corrected chi connectivity index (χ0v) is 15.9. The van der Waals surface area contributed by atoms with Crippen LogP contribution in [0.2, 0.25) is 0 Å². The summed E-state index contributed by atoms with van der Waals surface area (Å²) >= 11 is 0. The first kappa shape index (κ1) is 18.0. The Kier molecular flexibility index (Phi) is 4.68. The van der Waals surface area contributed by atoms with Gasteiger partial charge in [0.1, 0.15) is 11.6 Å². The van der Waals surface area contributed by atoms with Crippen LogP contribution in [0.4, 0.5) is 11.5 Å². The molecule has 144 valence electrons. The zero-order valence-electron chi connectivity index (χ0n) is 15.9. The summed E-state index contributed by atoms with van der Waals surface area (Å²) < 4.78 is 2.16. The molecule has 0 saturated carbocycles. The van der Waals surface area contributed by atoms with Gasteiger partial charge in [-0.15, -0.1) is 0 Å². The van der Waals surface area contributed by atoms with E-state index in [2.05, 4.69) is 38.2 Å². The number of carbonyl (C=O) groups is 2. The number of carbonyl (C=O) groups excluding carboxylic acids is 2. The van der Waals surface area contributed by atoms with Gasteiger partial charge in [0.15, 0.2) is 0 Å². The number of benzene rings is 1. The molecule has 0 saturated heterocycles. The van der Waals surface area contributed by atoms with E-state index in [-0.39, 0.29) is 18.4 Å². The smallest absolute Gasteiger partial charge is 0.252 e. The van der Waals surface area contributed by atoms with Gasteiger partial charge in [-0.05, 0) is 25.1 Å². The van der Waals surface area contributed by atoms with Crippen LogP contribution in [-0.2, 0) is 17.8 Å². The number of nitrogens with one attached hydrogen (secondary N) is 2. The fourth-order valence-electron chi connectivity index (χ4n) is 3.44. The molecule has 0 radical (unpaired) electrons. The summed E-state index contributed by atoms with van der Waals surface area (Å²) in [6, 6.07) is 9.71. The van der Waals surface area contributed by atoms with Gasteiger partial charge < -0.3 is 20.1 Å². The third-order valence-electron chi connectivity index (χ3n) is 4.96. The molecule has 4 rings (SSSR count). The van der Waals surface area contributed by atoms with Gasteiger partial charge in [0.05, 0.1) is 28.8 Å². The summed E-state index contributed by atoms with van der Waals surface area (Å²) in [5.41, 5.74) is 3.10. The Morgan fingerprint density at radius 3 is 2.96 bits per heavy atom. The number of aromatic nitrogens is 3. The average molecular weight is 378 g/mol. The topological polar surface area (TPSA) is 92.2 Å². The lowest BCUT2D eigenvalue weighted by atomic mass is 10.2. The molecule has 2 amide bonds. The second kappa shape index (κ2) is 7.30. The Bertz CT molecular complexity index is 1060. The number of imidazole rings is 1. The summed E-state index contributed by atoms with van der Waals surface area (Å²) in [7, 11) is 1.68. The molecule has 0 atom stereocenters. The Hall–Kier alpha value is -3.42. The van der Waals surface area contributed by atoms with Crippen molar-refractivity contribution in [1.29, 1.82) is 0 Å². The molecule has 0 spiro atoms. The Labute approximate surface area is 162 Å². The van der Waals surface area contributed by atoms with Crippen molar-refractivity contribution in [2.24, 2.45) is 0 Å². The van der Waals surface area contributed by atoms with Crippen LogP contribution in [0.25, 0.3) is 11.0 Å². The second-order valence-electron chi connectivity index (χ2n) is 6.66. The molecular weight excluding hydrogens is 356 g/mol. The number of fused-ring (bicyclic) bond motifs is 2.